The number of fused-ring (bicyclic) bond motifs is 1. The summed E-state index contributed by atoms with van der Waals surface area (Å²) in [6.45, 7) is 12.0. The van der Waals surface area contributed by atoms with Crippen molar-refractivity contribution < 1.29 is 4.79 Å². The Hall–Kier alpha value is -1.74. The molecule has 1 aliphatic rings. The second kappa shape index (κ2) is 6.77. The van der Waals surface area contributed by atoms with Gasteiger partial charge in [-0.1, -0.05) is 45.0 Å². The Kier molecular flexibility index (Phi) is 4.96. The van der Waals surface area contributed by atoms with Gasteiger partial charge in [0.2, 0.25) is 5.91 Å². The third kappa shape index (κ3) is 3.42. The largest absolute Gasteiger partial charge is 0.348 e. The number of aromatic nitrogens is 1. The average Bonchev–Trinajstić information content (AvgIpc) is 3.08. The van der Waals surface area contributed by atoms with Gasteiger partial charge in [0, 0.05) is 30.9 Å². The van der Waals surface area contributed by atoms with Gasteiger partial charge in [0.25, 0.3) is 0 Å². The van der Waals surface area contributed by atoms with Crippen LogP contribution in [0.15, 0.2) is 42.6 Å². The fourth-order valence-electron chi connectivity index (χ4n) is 3.56. The van der Waals surface area contributed by atoms with Crippen molar-refractivity contribution >= 4 is 17.5 Å². The van der Waals surface area contributed by atoms with Crippen molar-refractivity contribution in [1.29, 1.82) is 0 Å². The van der Waals surface area contributed by atoms with E-state index >= 15 is 0 Å². The number of carbonyl (C=O) groups excluding carboxylic acids is 1. The Bertz CT molecular complexity index is 783. The van der Waals surface area contributed by atoms with Crippen LogP contribution in [0.2, 0.25) is 0 Å². The van der Waals surface area contributed by atoms with Gasteiger partial charge < -0.3 is 9.47 Å². The molecule has 0 fully saturated rings. The minimum atomic E-state index is -0.570. The van der Waals surface area contributed by atoms with Crippen LogP contribution in [0.3, 0.4) is 0 Å². The fourth-order valence-corrected chi connectivity index (χ4v) is 3.68. The smallest absolute Gasteiger partial charge is 0.230 e. The Morgan fingerprint density at radius 2 is 1.73 bits per heavy atom. The monoisotopic (exact) mass is 372 g/mol. The van der Waals surface area contributed by atoms with Crippen molar-refractivity contribution in [3.05, 3.63) is 59.4 Å². The van der Waals surface area contributed by atoms with E-state index < -0.39 is 5.41 Å². The molecule has 0 bridgehead atoms. The van der Waals surface area contributed by atoms with E-state index in [2.05, 4.69) is 67.9 Å². The summed E-state index contributed by atoms with van der Waals surface area (Å²) in [5, 5.41) is 0. The molecule has 140 valence electrons. The molecule has 1 aromatic carbocycles. The second-order valence-electron chi connectivity index (χ2n) is 8.92. The highest BCUT2D eigenvalue weighted by atomic mass is 35.5. The van der Waals surface area contributed by atoms with Crippen LogP contribution in [0.5, 0.6) is 0 Å². The molecule has 2 heterocycles. The normalized spacial score (nSPS) is 17.9. The molecule has 0 N–H and O–H groups in total. The molecule has 4 heteroatoms. The van der Waals surface area contributed by atoms with E-state index in [1.54, 1.807) is 0 Å². The molecule has 1 unspecified atom stereocenters. The van der Waals surface area contributed by atoms with E-state index in [0.29, 0.717) is 12.4 Å². The summed E-state index contributed by atoms with van der Waals surface area (Å²) in [5.41, 5.74) is 3.16. The molecule has 1 aromatic heterocycles. The van der Waals surface area contributed by atoms with Crippen LogP contribution in [-0.4, -0.2) is 27.8 Å². The zero-order valence-corrected chi connectivity index (χ0v) is 17.2. The second-order valence-corrected chi connectivity index (χ2v) is 9.18. The summed E-state index contributed by atoms with van der Waals surface area (Å²) in [6.07, 6.45) is 2.10. The molecule has 0 spiro atoms. The first-order valence-electron chi connectivity index (χ1n) is 9.28. The average molecular weight is 373 g/mol. The molecule has 1 aliphatic heterocycles. The van der Waals surface area contributed by atoms with Crippen LogP contribution in [0.25, 0.3) is 0 Å². The number of alkyl halides is 1. The van der Waals surface area contributed by atoms with Gasteiger partial charge in [0.15, 0.2) is 0 Å². The molecular formula is C22H29ClN2O. The molecule has 1 amide bonds. The summed E-state index contributed by atoms with van der Waals surface area (Å²) in [7, 11) is 0. The summed E-state index contributed by atoms with van der Waals surface area (Å²) in [4.78, 5) is 15.2. The van der Waals surface area contributed by atoms with Crippen molar-refractivity contribution in [2.75, 3.05) is 12.4 Å². The van der Waals surface area contributed by atoms with Gasteiger partial charge >= 0.3 is 0 Å². The minimum Gasteiger partial charge on any atom is -0.348 e. The summed E-state index contributed by atoms with van der Waals surface area (Å²) >= 11 is 6.10. The highest BCUT2D eigenvalue weighted by molar-refractivity contribution is 6.19. The van der Waals surface area contributed by atoms with Crippen LogP contribution in [0, 0.1) is 5.41 Å². The number of rotatable bonds is 3. The Morgan fingerprint density at radius 3 is 2.31 bits per heavy atom. The third-order valence-electron chi connectivity index (χ3n) is 5.30. The van der Waals surface area contributed by atoms with Crippen LogP contribution in [0.1, 0.15) is 57.5 Å². The number of halogens is 1. The molecule has 3 nitrogen and oxygen atoms in total. The van der Waals surface area contributed by atoms with E-state index in [1.165, 1.54) is 11.3 Å². The Balaban J connectivity index is 2.03. The molecule has 2 aromatic rings. The molecule has 0 saturated heterocycles. The third-order valence-corrected chi connectivity index (χ3v) is 5.97. The van der Waals surface area contributed by atoms with Crippen LogP contribution >= 0.6 is 11.6 Å². The van der Waals surface area contributed by atoms with Crippen molar-refractivity contribution in [3.63, 3.8) is 0 Å². The van der Waals surface area contributed by atoms with Gasteiger partial charge in [0.05, 0.1) is 11.5 Å². The highest BCUT2D eigenvalue weighted by Crippen LogP contribution is 2.36. The van der Waals surface area contributed by atoms with E-state index in [-0.39, 0.29) is 17.4 Å². The Labute approximate surface area is 162 Å². The van der Waals surface area contributed by atoms with Gasteiger partial charge in [-0.05, 0) is 42.5 Å². The predicted molar refractivity (Wildman–Crippen MR) is 108 cm³/mol. The topological polar surface area (TPSA) is 25.2 Å². The van der Waals surface area contributed by atoms with Crippen molar-refractivity contribution in [3.8, 4) is 0 Å². The molecule has 0 radical (unpaired) electrons. The maximum atomic E-state index is 13.2. The van der Waals surface area contributed by atoms with Gasteiger partial charge in [-0.2, -0.15) is 0 Å². The van der Waals surface area contributed by atoms with Crippen molar-refractivity contribution in [1.82, 2.24) is 9.47 Å². The maximum absolute atomic E-state index is 13.2. The lowest BCUT2D eigenvalue weighted by molar-refractivity contribution is -0.142. The number of hydrogen-bond donors (Lipinski definition) is 0. The van der Waals surface area contributed by atoms with Crippen molar-refractivity contribution in [2.45, 2.75) is 52.6 Å². The standard InChI is InChI=1S/C22H29ClN2O/c1-21(2,3)17-10-8-16(9-11-17)19-18-7-6-12-24(18)13-14-25(19)20(26)22(4,5)15-23/h6-12,19H,13-15H2,1-5H3. The lowest BCUT2D eigenvalue weighted by Crippen LogP contribution is -2.48. The van der Waals surface area contributed by atoms with Crippen LogP contribution < -0.4 is 0 Å². The summed E-state index contributed by atoms with van der Waals surface area (Å²) < 4.78 is 2.25. The fraction of sp³-hybridized carbons (Fsp3) is 0.500. The maximum Gasteiger partial charge on any atom is 0.230 e. The minimum absolute atomic E-state index is 0.0669. The van der Waals surface area contributed by atoms with E-state index in [1.807, 2.05) is 18.7 Å². The first kappa shape index (κ1) is 19.0. The first-order chi connectivity index (χ1) is 12.1. The number of carbonyl (C=O) groups is 1. The molecule has 0 saturated carbocycles. The van der Waals surface area contributed by atoms with E-state index in [4.69, 9.17) is 11.6 Å². The molecular weight excluding hydrogens is 344 g/mol. The number of amides is 1. The lowest BCUT2D eigenvalue weighted by Gasteiger charge is -2.41. The highest BCUT2D eigenvalue weighted by Gasteiger charge is 2.38. The van der Waals surface area contributed by atoms with E-state index in [0.717, 1.165) is 12.1 Å². The van der Waals surface area contributed by atoms with Crippen LogP contribution in [0.4, 0.5) is 0 Å². The van der Waals surface area contributed by atoms with E-state index in [9.17, 15) is 4.79 Å². The van der Waals surface area contributed by atoms with Gasteiger partial charge in [0.1, 0.15) is 0 Å². The number of benzene rings is 1. The lowest BCUT2D eigenvalue weighted by atomic mass is 9.85. The van der Waals surface area contributed by atoms with Gasteiger partial charge in [-0.25, -0.2) is 0 Å². The summed E-state index contributed by atoms with van der Waals surface area (Å²) in [5.74, 6) is 0.434. The summed E-state index contributed by atoms with van der Waals surface area (Å²) in [6, 6.07) is 12.8. The zero-order chi connectivity index (χ0) is 19.1. The van der Waals surface area contributed by atoms with Gasteiger partial charge in [-0.15, -0.1) is 11.6 Å². The molecule has 1 atom stereocenters. The predicted octanol–water partition coefficient (Wildman–Crippen LogP) is 4.98. The SMILES string of the molecule is CC(C)(CCl)C(=O)N1CCn2cccc2C1c1ccc(C(C)(C)C)cc1. The molecule has 0 aliphatic carbocycles. The first-order valence-corrected chi connectivity index (χ1v) is 9.81. The molecule has 26 heavy (non-hydrogen) atoms. The van der Waals surface area contributed by atoms with Crippen LogP contribution in [-0.2, 0) is 16.8 Å². The number of hydrogen-bond acceptors (Lipinski definition) is 1. The van der Waals surface area contributed by atoms with Gasteiger partial charge in [-0.3, -0.25) is 4.79 Å². The zero-order valence-electron chi connectivity index (χ0n) is 16.4. The van der Waals surface area contributed by atoms with Crippen molar-refractivity contribution in [2.24, 2.45) is 5.41 Å². The molecule has 3 rings (SSSR count). The number of nitrogens with zero attached hydrogens (tertiary/aromatic N) is 2. The Morgan fingerprint density at radius 1 is 1.08 bits per heavy atom. The quantitative estimate of drug-likeness (QED) is 0.697.